The molecule has 9 heteroatoms. The second-order valence-corrected chi connectivity index (χ2v) is 8.53. The van der Waals surface area contributed by atoms with Gasteiger partial charge in [-0.15, -0.1) is 0 Å². The van der Waals surface area contributed by atoms with Crippen molar-refractivity contribution >= 4 is 40.0 Å². The smallest absolute Gasteiger partial charge is 0.248 e. The maximum absolute atomic E-state index is 13.1. The Balaban J connectivity index is 1.25. The van der Waals surface area contributed by atoms with Crippen molar-refractivity contribution in [1.29, 1.82) is 0 Å². The number of amides is 3. The highest BCUT2D eigenvalue weighted by molar-refractivity contribution is 6.16. The number of ether oxygens (including phenoxy) is 1. The molecule has 0 aliphatic heterocycles. The van der Waals surface area contributed by atoms with E-state index in [1.165, 1.54) is 24.3 Å². The molecule has 0 radical (unpaired) electrons. The fourth-order valence-corrected chi connectivity index (χ4v) is 3.81. The third-order valence-corrected chi connectivity index (χ3v) is 6.05. The number of halogens is 1. The Labute approximate surface area is 205 Å². The van der Waals surface area contributed by atoms with E-state index in [1.807, 2.05) is 0 Å². The number of fused-ring (bicyclic) bond motifs is 1. The van der Waals surface area contributed by atoms with Crippen LogP contribution in [0.3, 0.4) is 0 Å². The van der Waals surface area contributed by atoms with Gasteiger partial charge >= 0.3 is 0 Å². The minimum absolute atomic E-state index is 0.354. The molecule has 1 saturated carbocycles. The average molecular weight is 484 g/mol. The van der Waals surface area contributed by atoms with Gasteiger partial charge in [-0.05, 0) is 85.6 Å². The first-order valence-corrected chi connectivity index (χ1v) is 11.2. The molecule has 1 aliphatic carbocycles. The molecule has 1 heterocycles. The van der Waals surface area contributed by atoms with E-state index in [4.69, 9.17) is 10.5 Å². The van der Waals surface area contributed by atoms with E-state index in [9.17, 15) is 18.8 Å². The van der Waals surface area contributed by atoms with Crippen LogP contribution in [0.5, 0.6) is 11.5 Å². The van der Waals surface area contributed by atoms with Gasteiger partial charge in [0.05, 0.1) is 5.52 Å². The number of benzene rings is 3. The van der Waals surface area contributed by atoms with Crippen LogP contribution >= 0.6 is 0 Å². The number of primary amides is 1. The number of pyridine rings is 1. The first-order chi connectivity index (χ1) is 17.3. The normalized spacial score (nSPS) is 13.6. The number of carbonyl (C=O) groups is 3. The molecule has 0 atom stereocenters. The Morgan fingerprint density at radius 3 is 2.06 bits per heavy atom. The van der Waals surface area contributed by atoms with E-state index in [0.29, 0.717) is 52.2 Å². The highest BCUT2D eigenvalue weighted by atomic mass is 19.1. The number of carbonyl (C=O) groups excluding carboxylic acids is 3. The Hall–Kier alpha value is -4.79. The van der Waals surface area contributed by atoms with Crippen molar-refractivity contribution in [2.45, 2.75) is 12.8 Å². The molecule has 5 rings (SSSR count). The number of anilines is 2. The molecule has 3 amide bonds. The van der Waals surface area contributed by atoms with Crippen molar-refractivity contribution in [3.63, 3.8) is 0 Å². The average Bonchev–Trinajstić information content (AvgIpc) is 3.69. The van der Waals surface area contributed by atoms with Gasteiger partial charge in [0.1, 0.15) is 22.7 Å². The maximum atomic E-state index is 13.1. The zero-order valence-electron chi connectivity index (χ0n) is 19.0. The van der Waals surface area contributed by atoms with Crippen molar-refractivity contribution < 1.29 is 23.5 Å². The van der Waals surface area contributed by atoms with Crippen LogP contribution in [-0.4, -0.2) is 22.7 Å². The van der Waals surface area contributed by atoms with Gasteiger partial charge in [0, 0.05) is 28.5 Å². The summed E-state index contributed by atoms with van der Waals surface area (Å²) in [5.41, 5.74) is 6.05. The summed E-state index contributed by atoms with van der Waals surface area (Å²) in [4.78, 5) is 41.3. The summed E-state index contributed by atoms with van der Waals surface area (Å²) < 4.78 is 19.1. The largest absolute Gasteiger partial charge is 0.457 e. The lowest BCUT2D eigenvalue weighted by Crippen LogP contribution is -2.35. The summed E-state index contributed by atoms with van der Waals surface area (Å²) in [6.07, 6.45) is 2.43. The molecular formula is C27H21FN4O4. The Kier molecular flexibility index (Phi) is 5.81. The maximum Gasteiger partial charge on any atom is 0.248 e. The van der Waals surface area contributed by atoms with Crippen LogP contribution in [0, 0.1) is 11.2 Å². The monoisotopic (exact) mass is 484 g/mol. The van der Waals surface area contributed by atoms with Crippen molar-refractivity contribution in [1.82, 2.24) is 4.98 Å². The van der Waals surface area contributed by atoms with Crippen molar-refractivity contribution in [3.8, 4) is 11.5 Å². The van der Waals surface area contributed by atoms with Gasteiger partial charge < -0.3 is 21.1 Å². The van der Waals surface area contributed by atoms with E-state index < -0.39 is 29.0 Å². The van der Waals surface area contributed by atoms with E-state index >= 15 is 0 Å². The Bertz CT molecular complexity index is 1480. The lowest BCUT2D eigenvalue weighted by atomic mass is 10.0. The van der Waals surface area contributed by atoms with Gasteiger partial charge in [-0.2, -0.15) is 0 Å². The molecule has 180 valence electrons. The SMILES string of the molecule is NC(=O)c1ccc2c(Oc3ccc(NC(=O)C4(C(=O)Nc5ccc(F)cc5)CC4)cc3)ccnc2c1. The van der Waals surface area contributed by atoms with Crippen LogP contribution in [0.2, 0.25) is 0 Å². The van der Waals surface area contributed by atoms with Gasteiger partial charge in [0.2, 0.25) is 17.7 Å². The molecule has 1 fully saturated rings. The number of nitrogens with one attached hydrogen (secondary N) is 2. The van der Waals surface area contributed by atoms with E-state index in [0.717, 1.165) is 0 Å². The second kappa shape index (κ2) is 9.10. The summed E-state index contributed by atoms with van der Waals surface area (Å²) in [7, 11) is 0. The molecule has 0 saturated heterocycles. The summed E-state index contributed by atoms with van der Waals surface area (Å²) in [5.74, 6) is -0.703. The van der Waals surface area contributed by atoms with Crippen molar-refractivity contribution in [2.75, 3.05) is 10.6 Å². The first kappa shape index (κ1) is 23.0. The number of nitrogens with two attached hydrogens (primary N) is 1. The lowest BCUT2D eigenvalue weighted by molar-refractivity contribution is -0.131. The van der Waals surface area contributed by atoms with Crippen LogP contribution in [0.1, 0.15) is 23.2 Å². The van der Waals surface area contributed by atoms with Gasteiger partial charge in [-0.3, -0.25) is 19.4 Å². The zero-order chi connectivity index (χ0) is 25.3. The second-order valence-electron chi connectivity index (χ2n) is 8.53. The lowest BCUT2D eigenvalue weighted by Gasteiger charge is -2.16. The molecule has 3 aromatic carbocycles. The molecule has 0 unspecified atom stereocenters. The van der Waals surface area contributed by atoms with Gasteiger partial charge in [-0.25, -0.2) is 4.39 Å². The third kappa shape index (κ3) is 4.58. The molecule has 4 aromatic rings. The van der Waals surface area contributed by atoms with Gasteiger partial charge in [-0.1, -0.05) is 0 Å². The van der Waals surface area contributed by atoms with Crippen LogP contribution in [-0.2, 0) is 9.59 Å². The molecule has 0 spiro atoms. The van der Waals surface area contributed by atoms with Crippen molar-refractivity contribution in [3.05, 3.63) is 90.4 Å². The van der Waals surface area contributed by atoms with Crippen LogP contribution < -0.4 is 21.1 Å². The number of hydrogen-bond donors (Lipinski definition) is 3. The molecule has 1 aromatic heterocycles. The number of aromatic nitrogens is 1. The van der Waals surface area contributed by atoms with Gasteiger partial charge in [0.25, 0.3) is 0 Å². The number of hydrogen-bond acceptors (Lipinski definition) is 5. The molecule has 4 N–H and O–H groups in total. The Morgan fingerprint density at radius 1 is 0.861 bits per heavy atom. The number of nitrogens with zero attached hydrogens (tertiary/aromatic N) is 1. The van der Waals surface area contributed by atoms with E-state index in [2.05, 4.69) is 15.6 Å². The predicted molar refractivity (Wildman–Crippen MR) is 132 cm³/mol. The third-order valence-electron chi connectivity index (χ3n) is 6.05. The zero-order valence-corrected chi connectivity index (χ0v) is 19.0. The number of rotatable bonds is 7. The standard InChI is InChI=1S/C27H21FN4O4/c28-17-2-4-18(5-3-17)31-25(34)27(12-13-27)26(35)32-19-6-8-20(9-7-19)36-23-11-14-30-22-15-16(24(29)33)1-10-21(22)23/h1-11,14-15H,12-13H2,(H2,29,33)(H,31,34)(H,32,35). The fourth-order valence-electron chi connectivity index (χ4n) is 3.81. The quantitative estimate of drug-likeness (QED) is 0.330. The van der Waals surface area contributed by atoms with Crippen LogP contribution in [0.4, 0.5) is 15.8 Å². The minimum atomic E-state index is -1.15. The Morgan fingerprint density at radius 2 is 1.47 bits per heavy atom. The van der Waals surface area contributed by atoms with E-state index in [-0.39, 0.29) is 0 Å². The predicted octanol–water partition coefficient (Wildman–Crippen LogP) is 4.62. The first-order valence-electron chi connectivity index (χ1n) is 11.2. The molecular weight excluding hydrogens is 463 g/mol. The summed E-state index contributed by atoms with van der Waals surface area (Å²) in [5, 5.41) is 6.18. The van der Waals surface area contributed by atoms with Crippen LogP contribution in [0.15, 0.2) is 79.0 Å². The molecule has 1 aliphatic rings. The summed E-state index contributed by atoms with van der Waals surface area (Å²) in [6, 6.07) is 18.8. The molecule has 36 heavy (non-hydrogen) atoms. The fraction of sp³-hybridized carbons (Fsp3) is 0.111. The van der Waals surface area contributed by atoms with E-state index in [1.54, 1.807) is 54.7 Å². The molecule has 0 bridgehead atoms. The highest BCUT2D eigenvalue weighted by Gasteiger charge is 2.56. The minimum Gasteiger partial charge on any atom is -0.457 e. The topological polar surface area (TPSA) is 123 Å². The highest BCUT2D eigenvalue weighted by Crippen LogP contribution is 2.47. The summed E-state index contributed by atoms with van der Waals surface area (Å²) >= 11 is 0. The van der Waals surface area contributed by atoms with Crippen LogP contribution in [0.25, 0.3) is 10.9 Å². The summed E-state index contributed by atoms with van der Waals surface area (Å²) in [6.45, 7) is 0. The molecule has 8 nitrogen and oxygen atoms in total. The van der Waals surface area contributed by atoms with Crippen molar-refractivity contribution in [2.24, 2.45) is 11.1 Å². The van der Waals surface area contributed by atoms with Gasteiger partial charge in [0.15, 0.2) is 0 Å².